The Morgan fingerprint density at radius 3 is 2.47 bits per heavy atom. The Morgan fingerprint density at radius 2 is 1.79 bits per heavy atom. The SMILES string of the molecule is COc1ccc(CCNC(=O)c2ccc(NC(=O)C[C@H]3SC(N4CCCC4)=NC3=O)cc2)cc1. The molecule has 9 heteroatoms. The Bertz CT molecular complexity index is 1060. The maximum atomic E-state index is 12.4. The van der Waals surface area contributed by atoms with Crippen molar-refractivity contribution in [3.8, 4) is 5.75 Å². The molecule has 1 fully saturated rings. The number of hydrogen-bond donors (Lipinski definition) is 2. The lowest BCUT2D eigenvalue weighted by Crippen LogP contribution is -2.26. The van der Waals surface area contributed by atoms with Crippen molar-refractivity contribution in [2.75, 3.05) is 32.1 Å². The van der Waals surface area contributed by atoms with E-state index >= 15 is 0 Å². The molecule has 2 heterocycles. The second-order valence-electron chi connectivity index (χ2n) is 8.22. The van der Waals surface area contributed by atoms with Crippen molar-refractivity contribution in [2.45, 2.75) is 30.9 Å². The van der Waals surface area contributed by atoms with E-state index in [0.717, 1.165) is 42.4 Å². The van der Waals surface area contributed by atoms with Crippen molar-refractivity contribution >= 4 is 40.3 Å². The monoisotopic (exact) mass is 480 g/mol. The minimum atomic E-state index is -0.480. The van der Waals surface area contributed by atoms with E-state index in [9.17, 15) is 14.4 Å². The van der Waals surface area contributed by atoms with E-state index in [1.54, 1.807) is 31.4 Å². The van der Waals surface area contributed by atoms with Crippen molar-refractivity contribution in [3.63, 3.8) is 0 Å². The number of carbonyl (C=O) groups excluding carboxylic acids is 3. The third-order valence-corrected chi connectivity index (χ3v) is 6.98. The molecule has 2 aliphatic heterocycles. The first kappa shape index (κ1) is 23.8. The fourth-order valence-electron chi connectivity index (χ4n) is 3.85. The van der Waals surface area contributed by atoms with Crippen molar-refractivity contribution in [1.29, 1.82) is 0 Å². The van der Waals surface area contributed by atoms with Crippen molar-refractivity contribution in [3.05, 3.63) is 59.7 Å². The first-order valence-corrected chi connectivity index (χ1v) is 12.2. The minimum Gasteiger partial charge on any atom is -0.497 e. The van der Waals surface area contributed by atoms with Crippen molar-refractivity contribution in [1.82, 2.24) is 10.2 Å². The smallest absolute Gasteiger partial charge is 0.262 e. The summed E-state index contributed by atoms with van der Waals surface area (Å²) in [5.41, 5.74) is 2.20. The molecule has 0 unspecified atom stereocenters. The highest BCUT2D eigenvalue weighted by atomic mass is 32.2. The van der Waals surface area contributed by atoms with E-state index in [1.807, 2.05) is 24.3 Å². The van der Waals surface area contributed by atoms with E-state index in [1.165, 1.54) is 11.8 Å². The molecule has 0 saturated carbocycles. The van der Waals surface area contributed by atoms with Gasteiger partial charge in [0.25, 0.3) is 11.8 Å². The molecular weight excluding hydrogens is 452 g/mol. The molecule has 0 radical (unpaired) electrons. The lowest BCUT2D eigenvalue weighted by Gasteiger charge is -2.16. The number of anilines is 1. The molecule has 3 amide bonds. The molecule has 0 aromatic heterocycles. The normalized spacial score (nSPS) is 17.4. The number of carbonyl (C=O) groups is 3. The molecule has 1 saturated heterocycles. The molecule has 178 valence electrons. The lowest BCUT2D eigenvalue weighted by molar-refractivity contribution is -0.121. The van der Waals surface area contributed by atoms with Crippen LogP contribution in [0.3, 0.4) is 0 Å². The number of ether oxygens (including phenoxy) is 1. The van der Waals surface area contributed by atoms with Gasteiger partial charge in [0.15, 0.2) is 5.17 Å². The molecule has 34 heavy (non-hydrogen) atoms. The summed E-state index contributed by atoms with van der Waals surface area (Å²) in [5, 5.41) is 5.96. The standard InChI is InChI=1S/C25H28N4O4S/c1-33-20-10-4-17(5-11-20)12-13-26-23(31)18-6-8-19(9-7-18)27-22(30)16-21-24(32)28-25(34-21)29-14-2-3-15-29/h4-11,21H,2-3,12-16H2,1H3,(H,26,31)(H,27,30)/t21-/m1/s1. The summed E-state index contributed by atoms with van der Waals surface area (Å²) in [5.74, 6) is 0.129. The minimum absolute atomic E-state index is 0.0674. The average molecular weight is 481 g/mol. The predicted molar refractivity (Wildman–Crippen MR) is 133 cm³/mol. The molecule has 0 aliphatic carbocycles. The van der Waals surface area contributed by atoms with E-state index in [-0.39, 0.29) is 24.1 Å². The molecule has 2 aliphatic rings. The van der Waals surface area contributed by atoms with E-state index in [4.69, 9.17) is 4.74 Å². The van der Waals surface area contributed by atoms with Crippen LogP contribution in [-0.2, 0) is 16.0 Å². The van der Waals surface area contributed by atoms with Gasteiger partial charge in [0.1, 0.15) is 11.0 Å². The Labute approximate surface area is 203 Å². The molecule has 0 spiro atoms. The molecule has 2 N–H and O–H groups in total. The highest BCUT2D eigenvalue weighted by Crippen LogP contribution is 2.29. The highest BCUT2D eigenvalue weighted by molar-refractivity contribution is 8.15. The Balaban J connectivity index is 1.21. The van der Waals surface area contributed by atoms with Crippen LogP contribution in [0.25, 0.3) is 0 Å². The molecular formula is C25H28N4O4S. The van der Waals surface area contributed by atoms with Crippen molar-refractivity contribution in [2.24, 2.45) is 4.99 Å². The number of rotatable bonds is 8. The summed E-state index contributed by atoms with van der Waals surface area (Å²) in [6, 6.07) is 14.4. The van der Waals surface area contributed by atoms with Gasteiger partial charge in [-0.15, -0.1) is 0 Å². The number of nitrogens with zero attached hydrogens (tertiary/aromatic N) is 2. The van der Waals surface area contributed by atoms with E-state index in [0.29, 0.717) is 24.2 Å². The highest BCUT2D eigenvalue weighted by Gasteiger charge is 2.33. The van der Waals surface area contributed by atoms with Gasteiger partial charge in [-0.2, -0.15) is 4.99 Å². The number of methoxy groups -OCH3 is 1. The first-order valence-electron chi connectivity index (χ1n) is 11.4. The van der Waals surface area contributed by atoms with Gasteiger partial charge < -0.3 is 20.3 Å². The number of hydrogen-bond acceptors (Lipinski definition) is 6. The maximum absolute atomic E-state index is 12.4. The number of benzene rings is 2. The van der Waals surface area contributed by atoms with Gasteiger partial charge in [-0.3, -0.25) is 14.4 Å². The zero-order valence-electron chi connectivity index (χ0n) is 19.1. The molecule has 8 nitrogen and oxygen atoms in total. The molecule has 4 rings (SSSR count). The largest absolute Gasteiger partial charge is 0.497 e. The predicted octanol–water partition coefficient (Wildman–Crippen LogP) is 3.09. The topological polar surface area (TPSA) is 100 Å². The first-order chi connectivity index (χ1) is 16.5. The van der Waals surface area contributed by atoms with Crippen LogP contribution in [0.15, 0.2) is 53.5 Å². The number of amidine groups is 1. The molecule has 0 bridgehead atoms. The number of amides is 3. The third-order valence-electron chi connectivity index (χ3n) is 5.77. The van der Waals surface area contributed by atoms with Gasteiger partial charge in [-0.05, 0) is 61.2 Å². The summed E-state index contributed by atoms with van der Waals surface area (Å²) in [4.78, 5) is 43.3. The number of nitrogens with one attached hydrogen (secondary N) is 2. The van der Waals surface area contributed by atoms with Gasteiger partial charge in [0, 0.05) is 37.3 Å². The number of likely N-dealkylation sites (tertiary alicyclic amines) is 1. The fraction of sp³-hybridized carbons (Fsp3) is 0.360. The van der Waals surface area contributed by atoms with Crippen LogP contribution >= 0.6 is 11.8 Å². The van der Waals surface area contributed by atoms with Gasteiger partial charge in [0.2, 0.25) is 5.91 Å². The van der Waals surface area contributed by atoms with Crippen LogP contribution < -0.4 is 15.4 Å². The zero-order valence-corrected chi connectivity index (χ0v) is 19.9. The zero-order chi connectivity index (χ0) is 23.9. The summed E-state index contributed by atoms with van der Waals surface area (Å²) in [6.45, 7) is 2.34. The maximum Gasteiger partial charge on any atom is 0.262 e. The Kier molecular flexibility index (Phi) is 7.84. The summed E-state index contributed by atoms with van der Waals surface area (Å²) in [6.07, 6.45) is 2.99. The van der Waals surface area contributed by atoms with Crippen LogP contribution in [0.5, 0.6) is 5.75 Å². The van der Waals surface area contributed by atoms with Crippen LogP contribution in [0.2, 0.25) is 0 Å². The lowest BCUT2D eigenvalue weighted by atomic mass is 10.1. The second kappa shape index (κ2) is 11.2. The molecule has 2 aromatic rings. The second-order valence-corrected chi connectivity index (χ2v) is 9.39. The van der Waals surface area contributed by atoms with Gasteiger partial charge >= 0.3 is 0 Å². The van der Waals surface area contributed by atoms with Gasteiger partial charge in [-0.1, -0.05) is 23.9 Å². The van der Waals surface area contributed by atoms with Crippen LogP contribution in [0.4, 0.5) is 5.69 Å². The van der Waals surface area contributed by atoms with Gasteiger partial charge in [0.05, 0.1) is 7.11 Å². The van der Waals surface area contributed by atoms with E-state index in [2.05, 4.69) is 20.5 Å². The van der Waals surface area contributed by atoms with Gasteiger partial charge in [-0.25, -0.2) is 0 Å². The Hall–Kier alpha value is -3.33. The van der Waals surface area contributed by atoms with Crippen LogP contribution in [0, 0.1) is 0 Å². The summed E-state index contributed by atoms with van der Waals surface area (Å²) >= 11 is 1.38. The van der Waals surface area contributed by atoms with Crippen molar-refractivity contribution < 1.29 is 19.1 Å². The number of aliphatic imine (C=N–C) groups is 1. The van der Waals surface area contributed by atoms with Crippen LogP contribution in [-0.4, -0.2) is 59.8 Å². The van der Waals surface area contributed by atoms with E-state index < -0.39 is 5.25 Å². The van der Waals surface area contributed by atoms with Crippen LogP contribution in [0.1, 0.15) is 35.2 Å². The Morgan fingerprint density at radius 1 is 1.09 bits per heavy atom. The fourth-order valence-corrected chi connectivity index (χ4v) is 4.97. The quantitative estimate of drug-likeness (QED) is 0.602. The molecule has 1 atom stereocenters. The third kappa shape index (κ3) is 6.17. The average Bonchev–Trinajstić information content (AvgIpc) is 3.50. The number of thioether (sulfide) groups is 1. The summed E-state index contributed by atoms with van der Waals surface area (Å²) < 4.78 is 5.15. The summed E-state index contributed by atoms with van der Waals surface area (Å²) in [7, 11) is 1.63. The molecule has 2 aromatic carbocycles.